The Bertz CT molecular complexity index is 403. The SMILES string of the molecule is COc1c(CCC(CN)CO)cc(Cl)cc1C(C)C. The molecule has 0 aromatic heterocycles. The molecule has 0 radical (unpaired) electrons. The van der Waals surface area contributed by atoms with Crippen LogP contribution in [0.25, 0.3) is 0 Å². The number of methoxy groups -OCH3 is 1. The Labute approximate surface area is 120 Å². The lowest BCUT2D eigenvalue weighted by atomic mass is 9.94. The molecule has 0 aliphatic heterocycles. The van der Waals surface area contributed by atoms with Crippen molar-refractivity contribution in [1.29, 1.82) is 0 Å². The molecule has 0 aliphatic rings. The zero-order valence-electron chi connectivity index (χ0n) is 11.9. The van der Waals surface area contributed by atoms with E-state index in [4.69, 9.17) is 22.1 Å². The first-order valence-corrected chi connectivity index (χ1v) is 7.08. The molecular formula is C15H24ClNO2. The zero-order chi connectivity index (χ0) is 14.4. The molecule has 1 rings (SSSR count). The minimum Gasteiger partial charge on any atom is -0.496 e. The van der Waals surface area contributed by atoms with E-state index >= 15 is 0 Å². The van der Waals surface area contributed by atoms with Gasteiger partial charge in [-0.15, -0.1) is 0 Å². The average Bonchev–Trinajstić information content (AvgIpc) is 2.39. The van der Waals surface area contributed by atoms with Crippen LogP contribution in [0.1, 0.15) is 37.3 Å². The predicted octanol–water partition coefficient (Wildman–Crippen LogP) is 2.97. The normalized spacial score (nSPS) is 12.8. The minimum absolute atomic E-state index is 0.121. The lowest BCUT2D eigenvalue weighted by Gasteiger charge is -2.18. The number of rotatable bonds is 7. The van der Waals surface area contributed by atoms with Crippen molar-refractivity contribution < 1.29 is 9.84 Å². The predicted molar refractivity (Wildman–Crippen MR) is 80.0 cm³/mol. The Morgan fingerprint density at radius 2 is 2.05 bits per heavy atom. The maximum absolute atomic E-state index is 9.19. The van der Waals surface area contributed by atoms with Crippen LogP contribution in [0, 0.1) is 5.92 Å². The third-order valence-electron chi connectivity index (χ3n) is 3.40. The highest BCUT2D eigenvalue weighted by Crippen LogP contribution is 2.34. The Hall–Kier alpha value is -0.770. The number of ether oxygens (including phenoxy) is 1. The maximum atomic E-state index is 9.19. The van der Waals surface area contributed by atoms with Crippen molar-refractivity contribution in [3.05, 3.63) is 28.3 Å². The van der Waals surface area contributed by atoms with Crippen molar-refractivity contribution in [3.63, 3.8) is 0 Å². The summed E-state index contributed by atoms with van der Waals surface area (Å²) in [5.74, 6) is 1.40. The minimum atomic E-state index is 0.121. The molecule has 1 unspecified atom stereocenters. The number of hydrogen-bond donors (Lipinski definition) is 2. The third-order valence-corrected chi connectivity index (χ3v) is 3.62. The topological polar surface area (TPSA) is 55.5 Å². The van der Waals surface area contributed by atoms with Gasteiger partial charge in [0, 0.05) is 11.6 Å². The summed E-state index contributed by atoms with van der Waals surface area (Å²) in [4.78, 5) is 0. The zero-order valence-corrected chi connectivity index (χ0v) is 12.7. The second-order valence-corrected chi connectivity index (χ2v) is 5.60. The van der Waals surface area contributed by atoms with Crippen LogP contribution in [0.5, 0.6) is 5.75 Å². The molecule has 0 aliphatic carbocycles. The number of benzene rings is 1. The molecular weight excluding hydrogens is 262 g/mol. The van der Waals surface area contributed by atoms with Crippen LogP contribution in [0.2, 0.25) is 5.02 Å². The fourth-order valence-electron chi connectivity index (χ4n) is 2.18. The number of halogens is 1. The van der Waals surface area contributed by atoms with Gasteiger partial charge in [-0.2, -0.15) is 0 Å². The highest BCUT2D eigenvalue weighted by molar-refractivity contribution is 6.30. The van der Waals surface area contributed by atoms with Crippen LogP contribution >= 0.6 is 11.6 Å². The number of aliphatic hydroxyl groups excluding tert-OH is 1. The van der Waals surface area contributed by atoms with Crippen molar-refractivity contribution in [1.82, 2.24) is 0 Å². The summed E-state index contributed by atoms with van der Waals surface area (Å²) >= 11 is 6.18. The van der Waals surface area contributed by atoms with Gasteiger partial charge in [0.2, 0.25) is 0 Å². The quantitative estimate of drug-likeness (QED) is 0.810. The second kappa shape index (κ2) is 7.73. The molecule has 0 spiro atoms. The van der Waals surface area contributed by atoms with Crippen molar-refractivity contribution in [2.24, 2.45) is 11.7 Å². The summed E-state index contributed by atoms with van der Waals surface area (Å²) in [6, 6.07) is 3.90. The molecule has 19 heavy (non-hydrogen) atoms. The van der Waals surface area contributed by atoms with Crippen molar-refractivity contribution in [2.75, 3.05) is 20.3 Å². The molecule has 3 N–H and O–H groups in total. The molecule has 108 valence electrons. The Balaban J connectivity index is 2.99. The lowest BCUT2D eigenvalue weighted by Crippen LogP contribution is -2.18. The van der Waals surface area contributed by atoms with E-state index in [1.165, 1.54) is 0 Å². The Morgan fingerprint density at radius 1 is 1.37 bits per heavy atom. The van der Waals surface area contributed by atoms with Gasteiger partial charge in [-0.25, -0.2) is 0 Å². The lowest BCUT2D eigenvalue weighted by molar-refractivity contribution is 0.223. The average molecular weight is 286 g/mol. The van der Waals surface area contributed by atoms with E-state index in [9.17, 15) is 5.11 Å². The molecule has 1 aromatic carbocycles. The highest BCUT2D eigenvalue weighted by atomic mass is 35.5. The van der Waals surface area contributed by atoms with E-state index in [0.29, 0.717) is 12.5 Å². The van der Waals surface area contributed by atoms with Gasteiger partial charge in [-0.05, 0) is 54.5 Å². The summed E-state index contributed by atoms with van der Waals surface area (Å²) in [7, 11) is 1.69. The monoisotopic (exact) mass is 285 g/mol. The van der Waals surface area contributed by atoms with Gasteiger partial charge >= 0.3 is 0 Å². The van der Waals surface area contributed by atoms with Crippen molar-refractivity contribution in [2.45, 2.75) is 32.6 Å². The standard InChI is InChI=1S/C15H24ClNO2/c1-10(2)14-7-13(16)6-12(15(14)19-3)5-4-11(8-17)9-18/h6-7,10-11,18H,4-5,8-9,17H2,1-3H3. The molecule has 0 amide bonds. The summed E-state index contributed by atoms with van der Waals surface area (Å²) in [5.41, 5.74) is 7.82. The van der Waals surface area contributed by atoms with Crippen LogP contribution < -0.4 is 10.5 Å². The van der Waals surface area contributed by atoms with Crippen LogP contribution in [-0.4, -0.2) is 25.4 Å². The van der Waals surface area contributed by atoms with Gasteiger partial charge in [0.05, 0.1) is 7.11 Å². The first-order valence-electron chi connectivity index (χ1n) is 6.70. The van der Waals surface area contributed by atoms with E-state index in [0.717, 1.165) is 34.7 Å². The van der Waals surface area contributed by atoms with Gasteiger partial charge in [0.1, 0.15) is 5.75 Å². The molecule has 0 bridgehead atoms. The molecule has 0 saturated heterocycles. The van der Waals surface area contributed by atoms with Gasteiger partial charge in [-0.3, -0.25) is 0 Å². The largest absolute Gasteiger partial charge is 0.496 e. The van der Waals surface area contributed by atoms with E-state index in [1.807, 2.05) is 12.1 Å². The van der Waals surface area contributed by atoms with E-state index in [-0.39, 0.29) is 12.5 Å². The third kappa shape index (κ3) is 4.37. The van der Waals surface area contributed by atoms with Crippen molar-refractivity contribution in [3.8, 4) is 5.75 Å². The van der Waals surface area contributed by atoms with Gasteiger partial charge in [-0.1, -0.05) is 25.4 Å². The Morgan fingerprint density at radius 3 is 2.53 bits per heavy atom. The highest BCUT2D eigenvalue weighted by Gasteiger charge is 2.15. The van der Waals surface area contributed by atoms with Crippen LogP contribution in [0.15, 0.2) is 12.1 Å². The fourth-order valence-corrected chi connectivity index (χ4v) is 2.43. The number of aliphatic hydroxyl groups is 1. The summed E-state index contributed by atoms with van der Waals surface area (Å²) in [6.07, 6.45) is 1.65. The second-order valence-electron chi connectivity index (χ2n) is 5.17. The molecule has 0 heterocycles. The molecule has 0 saturated carbocycles. The molecule has 0 fully saturated rings. The van der Waals surface area contributed by atoms with Crippen LogP contribution in [0.3, 0.4) is 0 Å². The molecule has 1 atom stereocenters. The smallest absolute Gasteiger partial charge is 0.125 e. The van der Waals surface area contributed by atoms with E-state index in [2.05, 4.69) is 13.8 Å². The van der Waals surface area contributed by atoms with E-state index in [1.54, 1.807) is 7.11 Å². The van der Waals surface area contributed by atoms with Gasteiger partial charge in [0.25, 0.3) is 0 Å². The number of hydrogen-bond acceptors (Lipinski definition) is 3. The first kappa shape index (κ1) is 16.3. The number of aryl methyl sites for hydroxylation is 1. The van der Waals surface area contributed by atoms with Crippen LogP contribution in [-0.2, 0) is 6.42 Å². The van der Waals surface area contributed by atoms with Crippen molar-refractivity contribution >= 4 is 11.6 Å². The molecule has 3 nitrogen and oxygen atoms in total. The van der Waals surface area contributed by atoms with Crippen LogP contribution in [0.4, 0.5) is 0 Å². The molecule has 4 heteroatoms. The maximum Gasteiger partial charge on any atom is 0.125 e. The summed E-state index contributed by atoms with van der Waals surface area (Å²) < 4.78 is 5.54. The fraction of sp³-hybridized carbons (Fsp3) is 0.600. The van der Waals surface area contributed by atoms with Gasteiger partial charge < -0.3 is 15.6 Å². The van der Waals surface area contributed by atoms with E-state index < -0.39 is 0 Å². The number of nitrogens with two attached hydrogens (primary N) is 1. The first-order chi connectivity index (χ1) is 9.03. The van der Waals surface area contributed by atoms with Gasteiger partial charge in [0.15, 0.2) is 0 Å². The Kier molecular flexibility index (Phi) is 6.63. The summed E-state index contributed by atoms with van der Waals surface area (Å²) in [5, 5.41) is 9.92. The molecule has 1 aromatic rings. The summed E-state index contributed by atoms with van der Waals surface area (Å²) in [6.45, 7) is 4.86.